The SMILES string of the molecule is COc1ccccc1C(=O)N1CCN(C(=O)CN2[C@H](C)CCC[C@@H]2C)CC1. The molecule has 1 aromatic rings. The summed E-state index contributed by atoms with van der Waals surface area (Å²) in [6, 6.07) is 8.22. The Morgan fingerprint density at radius 3 is 2.22 bits per heavy atom. The summed E-state index contributed by atoms with van der Waals surface area (Å²) in [6.45, 7) is 7.23. The van der Waals surface area contributed by atoms with Crippen LogP contribution in [0.15, 0.2) is 24.3 Å². The topological polar surface area (TPSA) is 53.1 Å². The van der Waals surface area contributed by atoms with Gasteiger partial charge in [0.1, 0.15) is 5.75 Å². The second-order valence-corrected chi connectivity index (χ2v) is 7.67. The van der Waals surface area contributed by atoms with Gasteiger partial charge in [-0.05, 0) is 38.8 Å². The second-order valence-electron chi connectivity index (χ2n) is 7.67. The summed E-state index contributed by atoms with van der Waals surface area (Å²) in [5.74, 6) is 0.742. The number of piperazine rings is 1. The maximum absolute atomic E-state index is 12.8. The fourth-order valence-electron chi connectivity index (χ4n) is 4.19. The zero-order valence-corrected chi connectivity index (χ0v) is 16.7. The van der Waals surface area contributed by atoms with Crippen molar-refractivity contribution in [1.82, 2.24) is 14.7 Å². The van der Waals surface area contributed by atoms with Gasteiger partial charge in [0.25, 0.3) is 5.91 Å². The molecule has 2 amide bonds. The van der Waals surface area contributed by atoms with Crippen molar-refractivity contribution in [2.45, 2.75) is 45.2 Å². The highest BCUT2D eigenvalue weighted by Gasteiger charge is 2.30. The van der Waals surface area contributed by atoms with E-state index in [1.54, 1.807) is 19.2 Å². The van der Waals surface area contributed by atoms with Crippen molar-refractivity contribution in [1.29, 1.82) is 0 Å². The van der Waals surface area contributed by atoms with Crippen LogP contribution >= 0.6 is 0 Å². The van der Waals surface area contributed by atoms with Crippen molar-refractivity contribution in [3.63, 3.8) is 0 Å². The second kappa shape index (κ2) is 8.74. The summed E-state index contributed by atoms with van der Waals surface area (Å²) >= 11 is 0. The number of amides is 2. The molecule has 1 aromatic carbocycles. The molecule has 0 spiro atoms. The van der Waals surface area contributed by atoms with Crippen molar-refractivity contribution >= 4 is 11.8 Å². The highest BCUT2D eigenvalue weighted by Crippen LogP contribution is 2.23. The fourth-order valence-corrected chi connectivity index (χ4v) is 4.19. The number of likely N-dealkylation sites (tertiary alicyclic amines) is 1. The maximum Gasteiger partial charge on any atom is 0.257 e. The normalized spacial score (nSPS) is 24.0. The molecule has 0 aliphatic carbocycles. The van der Waals surface area contributed by atoms with E-state index >= 15 is 0 Å². The van der Waals surface area contributed by atoms with Crippen molar-refractivity contribution in [3.8, 4) is 5.75 Å². The van der Waals surface area contributed by atoms with Gasteiger partial charge in [0.15, 0.2) is 0 Å². The molecular formula is C21H31N3O3. The average Bonchev–Trinajstić information content (AvgIpc) is 2.70. The molecule has 2 fully saturated rings. The van der Waals surface area contributed by atoms with E-state index in [9.17, 15) is 9.59 Å². The predicted molar refractivity (Wildman–Crippen MR) is 105 cm³/mol. The number of ether oxygens (including phenoxy) is 1. The number of methoxy groups -OCH3 is 1. The highest BCUT2D eigenvalue weighted by molar-refractivity contribution is 5.97. The lowest BCUT2D eigenvalue weighted by atomic mass is 9.97. The molecule has 3 rings (SSSR count). The molecule has 2 aliphatic heterocycles. The molecule has 0 unspecified atom stereocenters. The number of hydrogen-bond donors (Lipinski definition) is 0. The Bertz CT molecular complexity index is 660. The standard InChI is InChI=1S/C21H31N3O3/c1-16-7-6-8-17(2)24(16)15-20(25)22-11-13-23(14-12-22)21(26)18-9-4-5-10-19(18)27-3/h4-5,9-10,16-17H,6-8,11-15H2,1-3H3/t16-,17+. The third-order valence-corrected chi connectivity index (χ3v) is 5.95. The van der Waals surface area contributed by atoms with Gasteiger partial charge in [-0.3, -0.25) is 14.5 Å². The third kappa shape index (κ3) is 4.43. The molecule has 148 valence electrons. The number of carbonyl (C=O) groups excluding carboxylic acids is 2. The Morgan fingerprint density at radius 2 is 1.59 bits per heavy atom. The average molecular weight is 373 g/mol. The molecular weight excluding hydrogens is 342 g/mol. The number of rotatable bonds is 4. The number of hydrogen-bond acceptors (Lipinski definition) is 4. The van der Waals surface area contributed by atoms with E-state index in [1.165, 1.54) is 19.3 Å². The lowest BCUT2D eigenvalue weighted by Gasteiger charge is -2.41. The number of carbonyl (C=O) groups is 2. The Hall–Kier alpha value is -2.08. The summed E-state index contributed by atoms with van der Waals surface area (Å²) in [4.78, 5) is 31.6. The number of nitrogens with zero attached hydrogens (tertiary/aromatic N) is 3. The van der Waals surface area contributed by atoms with E-state index in [4.69, 9.17) is 4.74 Å². The van der Waals surface area contributed by atoms with Crippen LogP contribution in [-0.2, 0) is 4.79 Å². The van der Waals surface area contributed by atoms with Crippen LogP contribution in [0.25, 0.3) is 0 Å². The largest absolute Gasteiger partial charge is 0.496 e. The summed E-state index contributed by atoms with van der Waals surface area (Å²) in [5, 5.41) is 0. The third-order valence-electron chi connectivity index (χ3n) is 5.95. The van der Waals surface area contributed by atoms with Crippen LogP contribution < -0.4 is 4.74 Å². The van der Waals surface area contributed by atoms with Crippen molar-refractivity contribution in [2.24, 2.45) is 0 Å². The molecule has 0 saturated carbocycles. The lowest BCUT2D eigenvalue weighted by Crippen LogP contribution is -2.54. The van der Waals surface area contributed by atoms with Crippen LogP contribution in [0, 0.1) is 0 Å². The van der Waals surface area contributed by atoms with Gasteiger partial charge >= 0.3 is 0 Å². The summed E-state index contributed by atoms with van der Waals surface area (Å²) < 4.78 is 5.30. The fraction of sp³-hybridized carbons (Fsp3) is 0.619. The van der Waals surface area contributed by atoms with E-state index in [0.29, 0.717) is 56.1 Å². The molecule has 2 aliphatic rings. The van der Waals surface area contributed by atoms with Gasteiger partial charge in [-0.2, -0.15) is 0 Å². The summed E-state index contributed by atoms with van der Waals surface area (Å²) in [7, 11) is 1.57. The van der Waals surface area contributed by atoms with Crippen molar-refractivity contribution in [2.75, 3.05) is 39.8 Å². The first-order chi connectivity index (χ1) is 13.0. The first kappa shape index (κ1) is 19.7. The Labute approximate surface area is 162 Å². The Balaban J connectivity index is 1.55. The Kier molecular flexibility index (Phi) is 6.37. The van der Waals surface area contributed by atoms with Gasteiger partial charge < -0.3 is 14.5 Å². The molecule has 6 nitrogen and oxygen atoms in total. The van der Waals surface area contributed by atoms with Crippen LogP contribution in [0.5, 0.6) is 5.75 Å². The summed E-state index contributed by atoms with van der Waals surface area (Å²) in [5.41, 5.74) is 0.579. The zero-order valence-electron chi connectivity index (χ0n) is 16.7. The number of para-hydroxylation sites is 1. The molecule has 6 heteroatoms. The van der Waals surface area contributed by atoms with Crippen LogP contribution in [0.3, 0.4) is 0 Å². The van der Waals surface area contributed by atoms with Gasteiger partial charge in [-0.25, -0.2) is 0 Å². The van der Waals surface area contributed by atoms with Gasteiger partial charge in [0.2, 0.25) is 5.91 Å². The van der Waals surface area contributed by atoms with Gasteiger partial charge in [0, 0.05) is 38.3 Å². The minimum Gasteiger partial charge on any atom is -0.496 e. The minimum absolute atomic E-state index is 0.0298. The molecule has 0 bridgehead atoms. The first-order valence-corrected chi connectivity index (χ1v) is 9.97. The zero-order chi connectivity index (χ0) is 19.4. The van der Waals surface area contributed by atoms with Gasteiger partial charge in [-0.1, -0.05) is 18.6 Å². The highest BCUT2D eigenvalue weighted by atomic mass is 16.5. The van der Waals surface area contributed by atoms with Crippen LogP contribution in [0.1, 0.15) is 43.5 Å². The smallest absolute Gasteiger partial charge is 0.257 e. The molecule has 2 heterocycles. The van der Waals surface area contributed by atoms with Crippen LogP contribution in [-0.4, -0.2) is 78.4 Å². The predicted octanol–water partition coefficient (Wildman–Crippen LogP) is 2.24. The quantitative estimate of drug-likeness (QED) is 0.812. The molecule has 0 radical (unpaired) electrons. The lowest BCUT2D eigenvalue weighted by molar-refractivity contribution is -0.135. The molecule has 2 atom stereocenters. The van der Waals surface area contributed by atoms with Crippen LogP contribution in [0.4, 0.5) is 0 Å². The van der Waals surface area contributed by atoms with E-state index in [2.05, 4.69) is 18.7 Å². The Morgan fingerprint density at radius 1 is 1.00 bits per heavy atom. The summed E-state index contributed by atoms with van der Waals surface area (Å²) in [6.07, 6.45) is 3.58. The molecule has 27 heavy (non-hydrogen) atoms. The van der Waals surface area contributed by atoms with Crippen molar-refractivity contribution in [3.05, 3.63) is 29.8 Å². The van der Waals surface area contributed by atoms with Gasteiger partial charge in [-0.15, -0.1) is 0 Å². The van der Waals surface area contributed by atoms with Crippen molar-refractivity contribution < 1.29 is 14.3 Å². The van der Waals surface area contributed by atoms with E-state index in [1.807, 2.05) is 21.9 Å². The molecule has 0 N–H and O–H groups in total. The minimum atomic E-state index is -0.0298. The maximum atomic E-state index is 12.8. The van der Waals surface area contributed by atoms with E-state index in [-0.39, 0.29) is 11.8 Å². The van der Waals surface area contributed by atoms with Gasteiger partial charge in [0.05, 0.1) is 19.2 Å². The molecule has 2 saturated heterocycles. The van der Waals surface area contributed by atoms with Crippen LogP contribution in [0.2, 0.25) is 0 Å². The van der Waals surface area contributed by atoms with E-state index in [0.717, 1.165) is 0 Å². The molecule has 0 aromatic heterocycles. The number of piperidine rings is 1. The van der Waals surface area contributed by atoms with E-state index < -0.39 is 0 Å². The number of benzene rings is 1. The first-order valence-electron chi connectivity index (χ1n) is 9.97. The monoisotopic (exact) mass is 373 g/mol.